The zero-order valence-electron chi connectivity index (χ0n) is 18.8. The van der Waals surface area contributed by atoms with Crippen LogP contribution in [0.3, 0.4) is 0 Å². The fourth-order valence-corrected chi connectivity index (χ4v) is 4.25. The Hall–Kier alpha value is -4.22. The van der Waals surface area contributed by atoms with Crippen LogP contribution in [0.4, 0.5) is 5.69 Å². The van der Waals surface area contributed by atoms with Crippen LogP contribution in [0.25, 0.3) is 16.6 Å². The van der Waals surface area contributed by atoms with Crippen LogP contribution >= 0.6 is 23.4 Å². The van der Waals surface area contributed by atoms with Gasteiger partial charge in [-0.2, -0.15) is 5.10 Å². The van der Waals surface area contributed by atoms with Gasteiger partial charge >= 0.3 is 0 Å². The molecular formula is C24H18ClN5O5S. The summed E-state index contributed by atoms with van der Waals surface area (Å²) in [6, 6.07) is 18.1. The molecule has 0 fully saturated rings. The summed E-state index contributed by atoms with van der Waals surface area (Å²) in [5, 5.41) is 15.6. The number of carbonyl (C=O) groups is 1. The van der Waals surface area contributed by atoms with Crippen molar-refractivity contribution < 1.29 is 14.5 Å². The van der Waals surface area contributed by atoms with Gasteiger partial charge in [0, 0.05) is 11.6 Å². The van der Waals surface area contributed by atoms with Crippen LogP contribution in [0.15, 0.2) is 81.8 Å². The number of rotatable bonds is 8. The SMILES string of the molecule is COc1ccc(-n2c(SCC(=O)NN=Cc3ccc(Cl)c([N+](=O)[O-])c3)nc3ccccc3c2=O)cc1. The first kappa shape index (κ1) is 24.9. The summed E-state index contributed by atoms with van der Waals surface area (Å²) in [6.45, 7) is 0. The van der Waals surface area contributed by atoms with Gasteiger partial charge in [0.15, 0.2) is 5.16 Å². The molecular weight excluding hydrogens is 506 g/mol. The first-order chi connectivity index (χ1) is 17.4. The number of nitro groups is 1. The van der Waals surface area contributed by atoms with Crippen molar-refractivity contribution in [3.05, 3.63) is 97.8 Å². The molecule has 1 aromatic heterocycles. The third-order valence-corrected chi connectivity index (χ3v) is 6.24. The standard InChI is InChI=1S/C24H18ClN5O5S/c1-35-17-9-7-16(8-10-17)29-23(32)18-4-2-3-5-20(18)27-24(29)36-14-22(31)28-26-13-15-6-11-19(25)21(12-15)30(33)34/h2-13H,14H2,1H3,(H,28,31). The van der Waals surface area contributed by atoms with E-state index in [2.05, 4.69) is 15.5 Å². The van der Waals surface area contributed by atoms with Gasteiger partial charge in [0.05, 0.1) is 40.6 Å². The van der Waals surface area contributed by atoms with Gasteiger partial charge in [0.2, 0.25) is 0 Å². The van der Waals surface area contributed by atoms with E-state index >= 15 is 0 Å². The summed E-state index contributed by atoms with van der Waals surface area (Å²) >= 11 is 6.87. The van der Waals surface area contributed by atoms with Crippen molar-refractivity contribution in [3.8, 4) is 11.4 Å². The van der Waals surface area contributed by atoms with Crippen LogP contribution < -0.4 is 15.7 Å². The van der Waals surface area contributed by atoms with Crippen molar-refractivity contribution >= 4 is 52.1 Å². The van der Waals surface area contributed by atoms with Crippen LogP contribution in [-0.2, 0) is 4.79 Å². The van der Waals surface area contributed by atoms with E-state index in [-0.39, 0.29) is 22.0 Å². The minimum Gasteiger partial charge on any atom is -0.497 e. The van der Waals surface area contributed by atoms with Gasteiger partial charge in [-0.05, 0) is 42.5 Å². The van der Waals surface area contributed by atoms with E-state index in [0.717, 1.165) is 11.8 Å². The molecule has 4 rings (SSSR count). The molecule has 36 heavy (non-hydrogen) atoms. The Labute approximate surface area is 213 Å². The first-order valence-electron chi connectivity index (χ1n) is 10.4. The van der Waals surface area contributed by atoms with Gasteiger partial charge in [0.1, 0.15) is 10.8 Å². The Morgan fingerprint density at radius 2 is 1.97 bits per heavy atom. The summed E-state index contributed by atoms with van der Waals surface area (Å²) in [4.78, 5) is 40.7. The molecule has 12 heteroatoms. The third-order valence-electron chi connectivity index (χ3n) is 4.98. The predicted molar refractivity (Wildman–Crippen MR) is 138 cm³/mol. The lowest BCUT2D eigenvalue weighted by Gasteiger charge is -2.13. The molecule has 1 amide bonds. The van der Waals surface area contributed by atoms with Crippen LogP contribution in [0.5, 0.6) is 5.75 Å². The van der Waals surface area contributed by atoms with Crippen LogP contribution in [0.2, 0.25) is 5.02 Å². The quantitative estimate of drug-likeness (QED) is 0.120. The van der Waals surface area contributed by atoms with E-state index in [1.54, 1.807) is 55.6 Å². The number of ether oxygens (including phenoxy) is 1. The van der Waals surface area contributed by atoms with E-state index in [9.17, 15) is 19.7 Å². The third kappa shape index (κ3) is 5.53. The zero-order chi connectivity index (χ0) is 25.7. The summed E-state index contributed by atoms with van der Waals surface area (Å²) < 4.78 is 6.63. The number of nitrogens with one attached hydrogen (secondary N) is 1. The number of benzene rings is 3. The number of fused-ring (bicyclic) bond motifs is 1. The molecule has 0 radical (unpaired) electrons. The highest BCUT2D eigenvalue weighted by Crippen LogP contribution is 2.25. The molecule has 182 valence electrons. The summed E-state index contributed by atoms with van der Waals surface area (Å²) in [5.74, 6) is 0.0976. The van der Waals surface area contributed by atoms with Crippen molar-refractivity contribution in [2.24, 2.45) is 5.10 Å². The molecule has 0 spiro atoms. The molecule has 4 aromatic rings. The number of thioether (sulfide) groups is 1. The molecule has 0 saturated carbocycles. The number of nitrogens with zero attached hydrogens (tertiary/aromatic N) is 4. The summed E-state index contributed by atoms with van der Waals surface area (Å²) in [6.07, 6.45) is 1.27. The van der Waals surface area contributed by atoms with E-state index in [1.165, 1.54) is 29.0 Å². The van der Waals surface area contributed by atoms with Gasteiger partial charge in [-0.1, -0.05) is 41.6 Å². The van der Waals surface area contributed by atoms with Crippen molar-refractivity contribution in [2.75, 3.05) is 12.9 Å². The average Bonchev–Trinajstić information content (AvgIpc) is 2.88. The number of nitro benzene ring substituents is 1. The smallest absolute Gasteiger partial charge is 0.288 e. The average molecular weight is 524 g/mol. The Morgan fingerprint density at radius 1 is 1.22 bits per heavy atom. The van der Waals surface area contributed by atoms with Crippen molar-refractivity contribution in [2.45, 2.75) is 5.16 Å². The highest BCUT2D eigenvalue weighted by Gasteiger charge is 2.15. The molecule has 0 aliphatic carbocycles. The summed E-state index contributed by atoms with van der Waals surface area (Å²) in [7, 11) is 1.55. The number of hydrazone groups is 1. The normalized spacial score (nSPS) is 11.1. The lowest BCUT2D eigenvalue weighted by atomic mass is 10.2. The predicted octanol–water partition coefficient (Wildman–Crippen LogP) is 4.20. The lowest BCUT2D eigenvalue weighted by Crippen LogP contribution is -2.24. The number of para-hydroxylation sites is 1. The van der Waals surface area contributed by atoms with E-state index in [0.29, 0.717) is 33.1 Å². The van der Waals surface area contributed by atoms with E-state index in [4.69, 9.17) is 16.3 Å². The number of aromatic nitrogens is 2. The van der Waals surface area contributed by atoms with E-state index in [1.807, 2.05) is 0 Å². The molecule has 0 bridgehead atoms. The molecule has 1 heterocycles. The Morgan fingerprint density at radius 3 is 2.69 bits per heavy atom. The fourth-order valence-electron chi connectivity index (χ4n) is 3.26. The van der Waals surface area contributed by atoms with Gasteiger partial charge in [-0.15, -0.1) is 0 Å². The van der Waals surface area contributed by atoms with Gasteiger partial charge < -0.3 is 4.74 Å². The minimum atomic E-state index is -0.603. The molecule has 0 aliphatic heterocycles. The number of hydrogen-bond donors (Lipinski definition) is 1. The second-order valence-electron chi connectivity index (χ2n) is 7.30. The maximum Gasteiger partial charge on any atom is 0.288 e. The first-order valence-corrected chi connectivity index (χ1v) is 11.8. The van der Waals surface area contributed by atoms with E-state index < -0.39 is 10.8 Å². The molecule has 0 saturated heterocycles. The number of hydrogen-bond acceptors (Lipinski definition) is 8. The molecule has 10 nitrogen and oxygen atoms in total. The Bertz CT molecular complexity index is 1540. The van der Waals surface area contributed by atoms with Crippen LogP contribution in [-0.4, -0.2) is 39.5 Å². The van der Waals surface area contributed by atoms with Gasteiger partial charge in [0.25, 0.3) is 17.2 Å². The molecule has 0 aliphatic rings. The Balaban J connectivity index is 1.54. The second-order valence-corrected chi connectivity index (χ2v) is 8.65. The summed E-state index contributed by atoms with van der Waals surface area (Å²) in [5.41, 5.74) is 3.31. The molecule has 1 N–H and O–H groups in total. The Kier molecular flexibility index (Phi) is 7.62. The highest BCUT2D eigenvalue weighted by atomic mass is 35.5. The van der Waals surface area contributed by atoms with Gasteiger partial charge in [-0.3, -0.25) is 24.3 Å². The lowest BCUT2D eigenvalue weighted by molar-refractivity contribution is -0.384. The maximum atomic E-state index is 13.3. The van der Waals surface area contributed by atoms with Crippen LogP contribution in [0, 0.1) is 10.1 Å². The number of amides is 1. The molecule has 3 aromatic carbocycles. The maximum absolute atomic E-state index is 13.3. The second kappa shape index (κ2) is 11.0. The van der Waals surface area contributed by atoms with Crippen molar-refractivity contribution in [1.82, 2.24) is 15.0 Å². The van der Waals surface area contributed by atoms with Gasteiger partial charge in [-0.25, -0.2) is 10.4 Å². The fraction of sp³-hybridized carbons (Fsp3) is 0.0833. The monoisotopic (exact) mass is 523 g/mol. The van der Waals surface area contributed by atoms with Crippen LogP contribution in [0.1, 0.15) is 5.56 Å². The van der Waals surface area contributed by atoms with Crippen molar-refractivity contribution in [3.63, 3.8) is 0 Å². The number of carbonyl (C=O) groups excluding carboxylic acids is 1. The zero-order valence-corrected chi connectivity index (χ0v) is 20.3. The molecule has 0 atom stereocenters. The minimum absolute atomic E-state index is 0.00313. The number of halogens is 1. The molecule has 0 unspecified atom stereocenters. The number of methoxy groups -OCH3 is 1. The topological polar surface area (TPSA) is 129 Å². The van der Waals surface area contributed by atoms with Crippen molar-refractivity contribution in [1.29, 1.82) is 0 Å². The largest absolute Gasteiger partial charge is 0.497 e. The highest BCUT2D eigenvalue weighted by molar-refractivity contribution is 7.99.